The Morgan fingerprint density at radius 3 is 2.13 bits per heavy atom. The minimum absolute atomic E-state index is 0.0942. The summed E-state index contributed by atoms with van der Waals surface area (Å²) >= 11 is 23.5. The SMILES string of the molecule is O=[N+]([O-])c1ccc2c(c1)C(Cl)(Cl)C2(Cl)Cl. The van der Waals surface area contributed by atoms with Crippen molar-refractivity contribution in [2.75, 3.05) is 0 Å². The Labute approximate surface area is 105 Å². The lowest BCUT2D eigenvalue weighted by atomic mass is 9.85. The van der Waals surface area contributed by atoms with E-state index in [0.29, 0.717) is 11.1 Å². The molecule has 15 heavy (non-hydrogen) atoms. The number of benzene rings is 1. The summed E-state index contributed by atoms with van der Waals surface area (Å²) in [6, 6.07) is 4.04. The highest BCUT2D eigenvalue weighted by Crippen LogP contribution is 2.66. The molecule has 1 aliphatic rings. The Kier molecular flexibility index (Phi) is 2.36. The summed E-state index contributed by atoms with van der Waals surface area (Å²) in [4.78, 5) is 9.98. The highest BCUT2D eigenvalue weighted by atomic mass is 35.5. The summed E-state index contributed by atoms with van der Waals surface area (Å²) in [6.45, 7) is 0. The molecule has 80 valence electrons. The van der Waals surface area contributed by atoms with E-state index in [-0.39, 0.29) is 5.69 Å². The van der Waals surface area contributed by atoms with Crippen LogP contribution in [0.25, 0.3) is 0 Å². The summed E-state index contributed by atoms with van der Waals surface area (Å²) in [7, 11) is 0. The maximum atomic E-state index is 10.5. The number of nitro benzene ring substituents is 1. The third-order valence-corrected chi connectivity index (χ3v) is 4.62. The Balaban J connectivity index is 2.59. The first-order chi connectivity index (χ1) is 6.78. The molecule has 0 radical (unpaired) electrons. The van der Waals surface area contributed by atoms with Crippen LogP contribution in [-0.4, -0.2) is 4.92 Å². The maximum absolute atomic E-state index is 10.5. The average molecular weight is 287 g/mol. The molecule has 0 spiro atoms. The van der Waals surface area contributed by atoms with Crippen molar-refractivity contribution in [2.45, 2.75) is 8.67 Å². The first kappa shape index (κ1) is 11.3. The van der Waals surface area contributed by atoms with E-state index in [1.807, 2.05) is 0 Å². The van der Waals surface area contributed by atoms with Crippen molar-refractivity contribution in [3.05, 3.63) is 39.4 Å². The molecule has 7 heteroatoms. The molecule has 1 aromatic carbocycles. The largest absolute Gasteiger partial charge is 0.269 e. The van der Waals surface area contributed by atoms with Gasteiger partial charge in [0.05, 0.1) is 4.92 Å². The van der Waals surface area contributed by atoms with Gasteiger partial charge in [0, 0.05) is 17.7 Å². The minimum atomic E-state index is -1.50. The number of rotatable bonds is 1. The van der Waals surface area contributed by atoms with Gasteiger partial charge in [0.25, 0.3) is 5.69 Å². The Morgan fingerprint density at radius 2 is 1.60 bits per heavy atom. The lowest BCUT2D eigenvalue weighted by molar-refractivity contribution is -0.385. The van der Waals surface area contributed by atoms with Gasteiger partial charge in [0.1, 0.15) is 0 Å². The van der Waals surface area contributed by atoms with Crippen LogP contribution in [-0.2, 0) is 8.67 Å². The quantitative estimate of drug-likeness (QED) is 0.447. The van der Waals surface area contributed by atoms with E-state index in [0.717, 1.165) is 0 Å². The Hall–Kier alpha value is -0.220. The number of hydrogen-bond donors (Lipinski definition) is 0. The number of non-ortho nitro benzene ring substituents is 1. The van der Waals surface area contributed by atoms with Crippen LogP contribution in [0.15, 0.2) is 18.2 Å². The molecule has 0 saturated heterocycles. The molecular formula is C8H3Cl4NO2. The van der Waals surface area contributed by atoms with Crippen LogP contribution in [0, 0.1) is 10.1 Å². The second-order valence-electron chi connectivity index (χ2n) is 3.14. The first-order valence-corrected chi connectivity index (χ1v) is 5.34. The highest BCUT2D eigenvalue weighted by molar-refractivity contribution is 6.64. The second-order valence-corrected chi connectivity index (χ2v) is 5.79. The van der Waals surface area contributed by atoms with Gasteiger partial charge in [-0.2, -0.15) is 0 Å². The van der Waals surface area contributed by atoms with Gasteiger partial charge in [0.15, 0.2) is 8.67 Å². The Bertz CT molecular complexity index is 458. The van der Waals surface area contributed by atoms with Crippen LogP contribution in [0.1, 0.15) is 11.1 Å². The Morgan fingerprint density at radius 1 is 1.07 bits per heavy atom. The number of alkyl halides is 4. The fourth-order valence-corrected chi connectivity index (χ4v) is 2.50. The third kappa shape index (κ3) is 1.34. The topological polar surface area (TPSA) is 43.1 Å². The molecule has 0 heterocycles. The first-order valence-electron chi connectivity index (χ1n) is 3.83. The van der Waals surface area contributed by atoms with Crippen molar-refractivity contribution in [3.8, 4) is 0 Å². The van der Waals surface area contributed by atoms with Crippen LogP contribution in [0.2, 0.25) is 0 Å². The molecule has 0 N–H and O–H groups in total. The van der Waals surface area contributed by atoms with Gasteiger partial charge in [-0.1, -0.05) is 46.4 Å². The summed E-state index contributed by atoms with van der Waals surface area (Å²) in [6.07, 6.45) is 0. The number of hydrogen-bond acceptors (Lipinski definition) is 2. The zero-order valence-corrected chi connectivity index (χ0v) is 10.0. The van der Waals surface area contributed by atoms with Crippen molar-refractivity contribution in [3.63, 3.8) is 0 Å². The average Bonchev–Trinajstić information content (AvgIpc) is 2.16. The molecule has 3 nitrogen and oxygen atoms in total. The van der Waals surface area contributed by atoms with Crippen LogP contribution in [0.4, 0.5) is 5.69 Å². The molecule has 0 aliphatic heterocycles. The van der Waals surface area contributed by atoms with Crippen molar-refractivity contribution in [1.82, 2.24) is 0 Å². The molecule has 1 aliphatic carbocycles. The van der Waals surface area contributed by atoms with Crippen molar-refractivity contribution in [2.24, 2.45) is 0 Å². The molecule has 0 amide bonds. The number of halogens is 4. The summed E-state index contributed by atoms with van der Waals surface area (Å²) < 4.78 is -2.92. The van der Waals surface area contributed by atoms with E-state index in [9.17, 15) is 10.1 Å². The fraction of sp³-hybridized carbons (Fsp3) is 0.250. The third-order valence-electron chi connectivity index (χ3n) is 2.28. The zero-order chi connectivity index (χ0) is 11.4. The van der Waals surface area contributed by atoms with Crippen LogP contribution < -0.4 is 0 Å². The van der Waals surface area contributed by atoms with E-state index < -0.39 is 13.6 Å². The maximum Gasteiger partial charge on any atom is 0.269 e. The minimum Gasteiger partial charge on any atom is -0.258 e. The van der Waals surface area contributed by atoms with E-state index in [1.165, 1.54) is 18.2 Å². The normalized spacial score (nSPS) is 20.3. The summed E-state index contributed by atoms with van der Waals surface area (Å²) in [5, 5.41) is 10.5. The lowest BCUT2D eigenvalue weighted by Crippen LogP contribution is -2.43. The lowest BCUT2D eigenvalue weighted by Gasteiger charge is -2.44. The van der Waals surface area contributed by atoms with Gasteiger partial charge in [-0.15, -0.1) is 0 Å². The molecule has 0 unspecified atom stereocenters. The molecular weight excluding hydrogens is 284 g/mol. The van der Waals surface area contributed by atoms with Crippen LogP contribution >= 0.6 is 46.4 Å². The molecule has 0 aromatic heterocycles. The van der Waals surface area contributed by atoms with E-state index in [1.54, 1.807) is 0 Å². The molecule has 0 bridgehead atoms. The fourth-order valence-electron chi connectivity index (χ4n) is 1.46. The standard InChI is InChI=1S/C8H3Cl4NO2/c9-7(10)5-2-1-4(13(14)15)3-6(5)8(7,11)12/h1-3H. The molecule has 0 saturated carbocycles. The monoisotopic (exact) mass is 285 g/mol. The number of nitro groups is 1. The molecule has 0 atom stereocenters. The summed E-state index contributed by atoms with van der Waals surface area (Å²) in [5.41, 5.74) is 0.787. The molecule has 2 rings (SSSR count). The highest BCUT2D eigenvalue weighted by Gasteiger charge is 2.61. The van der Waals surface area contributed by atoms with Gasteiger partial charge < -0.3 is 0 Å². The summed E-state index contributed by atoms with van der Waals surface area (Å²) in [5.74, 6) is 0. The van der Waals surface area contributed by atoms with Crippen molar-refractivity contribution in [1.29, 1.82) is 0 Å². The second kappa shape index (κ2) is 3.14. The number of fused-ring (bicyclic) bond motifs is 1. The molecule has 0 fully saturated rings. The predicted octanol–water partition coefficient (Wildman–Crippen LogP) is 3.87. The van der Waals surface area contributed by atoms with Gasteiger partial charge in [-0.3, -0.25) is 10.1 Å². The zero-order valence-electron chi connectivity index (χ0n) is 7.01. The van der Waals surface area contributed by atoms with Gasteiger partial charge in [-0.05, 0) is 11.6 Å². The van der Waals surface area contributed by atoms with Gasteiger partial charge in [0.2, 0.25) is 0 Å². The van der Waals surface area contributed by atoms with E-state index >= 15 is 0 Å². The van der Waals surface area contributed by atoms with E-state index in [4.69, 9.17) is 46.4 Å². The molecule has 1 aromatic rings. The van der Waals surface area contributed by atoms with Crippen molar-refractivity contribution < 1.29 is 4.92 Å². The van der Waals surface area contributed by atoms with Crippen molar-refractivity contribution >= 4 is 52.1 Å². The van der Waals surface area contributed by atoms with Gasteiger partial charge >= 0.3 is 0 Å². The van der Waals surface area contributed by atoms with E-state index in [2.05, 4.69) is 0 Å². The van der Waals surface area contributed by atoms with Crippen LogP contribution in [0.3, 0.4) is 0 Å². The smallest absolute Gasteiger partial charge is 0.258 e. The number of nitrogens with zero attached hydrogens (tertiary/aromatic N) is 1. The predicted molar refractivity (Wildman–Crippen MR) is 59.9 cm³/mol. The van der Waals surface area contributed by atoms with Crippen LogP contribution in [0.5, 0.6) is 0 Å². The van der Waals surface area contributed by atoms with Gasteiger partial charge in [-0.25, -0.2) is 0 Å².